The van der Waals surface area contributed by atoms with Gasteiger partial charge < -0.3 is 20.1 Å². The molecule has 5 nitrogen and oxygen atoms in total. The molecule has 0 aliphatic heterocycles. The van der Waals surface area contributed by atoms with Crippen molar-refractivity contribution in [2.45, 2.75) is 6.92 Å². The molecule has 112 valence electrons. The van der Waals surface area contributed by atoms with Crippen LogP contribution >= 0.6 is 0 Å². The van der Waals surface area contributed by atoms with E-state index in [4.69, 9.17) is 4.74 Å². The number of carbonyl (C=O) groups excluding carboxylic acids is 1. The lowest BCUT2D eigenvalue weighted by Gasteiger charge is -2.07. The first-order valence-corrected chi connectivity index (χ1v) is 6.84. The topological polar surface area (TPSA) is 74.3 Å². The lowest BCUT2D eigenvalue weighted by atomic mass is 10.2. The minimum Gasteiger partial charge on any atom is -0.506 e. The largest absolute Gasteiger partial charge is 0.506 e. The molecule has 0 unspecified atom stereocenters. The molecule has 0 fully saturated rings. The summed E-state index contributed by atoms with van der Waals surface area (Å²) >= 11 is 0. The van der Waals surface area contributed by atoms with E-state index in [2.05, 4.69) is 10.3 Å². The number of phenolic OH excluding ortho intramolecular Hbond substituents is 1. The summed E-state index contributed by atoms with van der Waals surface area (Å²) in [6.07, 6.45) is 0. The van der Waals surface area contributed by atoms with E-state index >= 15 is 0 Å². The third kappa shape index (κ3) is 2.61. The summed E-state index contributed by atoms with van der Waals surface area (Å²) in [5.74, 6) is 0.449. The second-order valence-corrected chi connectivity index (χ2v) is 5.11. The first-order valence-electron chi connectivity index (χ1n) is 6.84. The number of hydrogen-bond donors (Lipinski definition) is 3. The summed E-state index contributed by atoms with van der Waals surface area (Å²) in [5.41, 5.74) is 2.58. The monoisotopic (exact) mass is 296 g/mol. The molecule has 0 spiro atoms. The highest BCUT2D eigenvalue weighted by Crippen LogP contribution is 2.25. The van der Waals surface area contributed by atoms with E-state index in [0.29, 0.717) is 11.4 Å². The highest BCUT2D eigenvalue weighted by atomic mass is 16.5. The van der Waals surface area contributed by atoms with E-state index in [1.165, 1.54) is 0 Å². The van der Waals surface area contributed by atoms with E-state index in [0.717, 1.165) is 22.2 Å². The number of anilines is 1. The van der Waals surface area contributed by atoms with Crippen molar-refractivity contribution in [2.75, 3.05) is 12.4 Å². The Morgan fingerprint density at radius 3 is 2.77 bits per heavy atom. The second kappa shape index (κ2) is 5.44. The van der Waals surface area contributed by atoms with Gasteiger partial charge in [0.2, 0.25) is 0 Å². The number of rotatable bonds is 3. The van der Waals surface area contributed by atoms with Crippen LogP contribution in [-0.2, 0) is 0 Å². The number of H-pyrrole nitrogens is 1. The van der Waals surface area contributed by atoms with Gasteiger partial charge in [0.15, 0.2) is 0 Å². The van der Waals surface area contributed by atoms with Gasteiger partial charge in [-0.25, -0.2) is 0 Å². The van der Waals surface area contributed by atoms with Crippen LogP contribution in [0.5, 0.6) is 11.5 Å². The number of aromatic nitrogens is 1. The number of ether oxygens (including phenoxy) is 1. The standard InChI is InChI=1S/C17H16N2O3/c1-10-3-6-16(20)14(7-10)19-17(21)15-8-11-4-5-12(22-2)9-13(11)18-15/h3-9,18,20H,1-2H3,(H,19,21). The molecular weight excluding hydrogens is 280 g/mol. The van der Waals surface area contributed by atoms with Crippen molar-refractivity contribution in [1.29, 1.82) is 0 Å². The van der Waals surface area contributed by atoms with Gasteiger partial charge in [-0.15, -0.1) is 0 Å². The average Bonchev–Trinajstić information content (AvgIpc) is 2.94. The summed E-state index contributed by atoms with van der Waals surface area (Å²) in [6, 6.07) is 12.4. The van der Waals surface area contributed by atoms with E-state index in [9.17, 15) is 9.90 Å². The number of hydrogen-bond acceptors (Lipinski definition) is 3. The Morgan fingerprint density at radius 1 is 1.18 bits per heavy atom. The Bertz CT molecular complexity index is 852. The number of aromatic amines is 1. The fourth-order valence-electron chi connectivity index (χ4n) is 2.30. The Labute approximate surface area is 127 Å². The molecule has 1 heterocycles. The third-order valence-corrected chi connectivity index (χ3v) is 3.47. The van der Waals surface area contributed by atoms with E-state index < -0.39 is 0 Å². The Morgan fingerprint density at radius 2 is 2.00 bits per heavy atom. The maximum absolute atomic E-state index is 12.3. The van der Waals surface area contributed by atoms with Crippen LogP contribution in [0.4, 0.5) is 5.69 Å². The van der Waals surface area contributed by atoms with Crippen LogP contribution in [0.15, 0.2) is 42.5 Å². The molecule has 2 aromatic carbocycles. The minimum atomic E-state index is -0.309. The lowest BCUT2D eigenvalue weighted by Crippen LogP contribution is -2.12. The first-order chi connectivity index (χ1) is 10.6. The molecule has 5 heteroatoms. The molecule has 0 saturated carbocycles. The van der Waals surface area contributed by atoms with Gasteiger partial charge in [-0.3, -0.25) is 4.79 Å². The molecule has 1 amide bonds. The van der Waals surface area contributed by atoms with Crippen molar-refractivity contribution in [3.63, 3.8) is 0 Å². The van der Waals surface area contributed by atoms with Gasteiger partial charge in [-0.1, -0.05) is 6.07 Å². The summed E-state index contributed by atoms with van der Waals surface area (Å²) < 4.78 is 5.16. The van der Waals surface area contributed by atoms with Gasteiger partial charge in [0.05, 0.1) is 12.8 Å². The fraction of sp³-hybridized carbons (Fsp3) is 0.118. The second-order valence-electron chi connectivity index (χ2n) is 5.11. The van der Waals surface area contributed by atoms with Gasteiger partial charge >= 0.3 is 0 Å². The molecule has 22 heavy (non-hydrogen) atoms. The molecule has 3 aromatic rings. The number of aryl methyl sites for hydroxylation is 1. The smallest absolute Gasteiger partial charge is 0.272 e. The first kappa shape index (κ1) is 14.0. The molecule has 0 aliphatic rings. The van der Waals surface area contributed by atoms with Crippen molar-refractivity contribution >= 4 is 22.5 Å². The predicted octanol–water partition coefficient (Wildman–Crippen LogP) is 3.44. The molecular formula is C17H16N2O3. The zero-order valence-corrected chi connectivity index (χ0v) is 12.3. The number of aromatic hydroxyl groups is 1. The quantitative estimate of drug-likeness (QED) is 0.648. The van der Waals surface area contributed by atoms with Crippen LogP contribution in [0, 0.1) is 6.92 Å². The molecule has 0 radical (unpaired) electrons. The van der Waals surface area contributed by atoms with Crippen LogP contribution in [0.1, 0.15) is 16.1 Å². The highest BCUT2D eigenvalue weighted by Gasteiger charge is 2.12. The third-order valence-electron chi connectivity index (χ3n) is 3.47. The van der Waals surface area contributed by atoms with Crippen molar-refractivity contribution in [3.8, 4) is 11.5 Å². The van der Waals surface area contributed by atoms with Crippen LogP contribution in [0.2, 0.25) is 0 Å². The number of methoxy groups -OCH3 is 1. The van der Waals surface area contributed by atoms with Crippen LogP contribution in [0.3, 0.4) is 0 Å². The van der Waals surface area contributed by atoms with Crippen molar-refractivity contribution in [3.05, 3.63) is 53.7 Å². The van der Waals surface area contributed by atoms with E-state index in [1.54, 1.807) is 31.4 Å². The van der Waals surface area contributed by atoms with Crippen LogP contribution in [-0.4, -0.2) is 23.1 Å². The fourth-order valence-corrected chi connectivity index (χ4v) is 2.30. The Hall–Kier alpha value is -2.95. The van der Waals surface area contributed by atoms with Crippen LogP contribution < -0.4 is 10.1 Å². The van der Waals surface area contributed by atoms with E-state index in [-0.39, 0.29) is 11.7 Å². The molecule has 0 saturated heterocycles. The van der Waals surface area contributed by atoms with Gasteiger partial charge in [0, 0.05) is 17.0 Å². The summed E-state index contributed by atoms with van der Waals surface area (Å²) in [7, 11) is 1.60. The lowest BCUT2D eigenvalue weighted by molar-refractivity contribution is 0.102. The highest BCUT2D eigenvalue weighted by molar-refractivity contribution is 6.06. The normalized spacial score (nSPS) is 10.6. The summed E-state index contributed by atoms with van der Waals surface area (Å²) in [4.78, 5) is 15.4. The number of nitrogens with one attached hydrogen (secondary N) is 2. The Kier molecular flexibility index (Phi) is 3.47. The van der Waals surface area contributed by atoms with Gasteiger partial charge in [-0.2, -0.15) is 0 Å². The molecule has 0 aliphatic carbocycles. The Balaban J connectivity index is 1.90. The van der Waals surface area contributed by atoms with E-state index in [1.807, 2.05) is 25.1 Å². The minimum absolute atomic E-state index is 0.0386. The zero-order valence-electron chi connectivity index (χ0n) is 12.3. The summed E-state index contributed by atoms with van der Waals surface area (Å²) in [6.45, 7) is 1.89. The van der Waals surface area contributed by atoms with Gasteiger partial charge in [0.1, 0.15) is 17.2 Å². The van der Waals surface area contributed by atoms with Crippen molar-refractivity contribution < 1.29 is 14.6 Å². The van der Waals surface area contributed by atoms with Crippen molar-refractivity contribution in [1.82, 2.24) is 4.98 Å². The van der Waals surface area contributed by atoms with Gasteiger partial charge in [0.25, 0.3) is 5.91 Å². The predicted molar refractivity (Wildman–Crippen MR) is 85.6 cm³/mol. The maximum Gasteiger partial charge on any atom is 0.272 e. The molecule has 0 bridgehead atoms. The maximum atomic E-state index is 12.3. The van der Waals surface area contributed by atoms with Gasteiger partial charge in [-0.05, 0) is 42.8 Å². The number of carbonyl (C=O) groups is 1. The zero-order chi connectivity index (χ0) is 15.7. The summed E-state index contributed by atoms with van der Waals surface area (Å²) in [5, 5.41) is 13.4. The number of benzene rings is 2. The number of amides is 1. The molecule has 1 aromatic heterocycles. The molecule has 0 atom stereocenters. The van der Waals surface area contributed by atoms with Crippen LogP contribution in [0.25, 0.3) is 10.9 Å². The average molecular weight is 296 g/mol. The number of fused-ring (bicyclic) bond motifs is 1. The van der Waals surface area contributed by atoms with Crippen molar-refractivity contribution in [2.24, 2.45) is 0 Å². The number of phenols is 1. The molecule has 3 N–H and O–H groups in total. The molecule has 3 rings (SSSR count). The SMILES string of the molecule is COc1ccc2cc(C(=O)Nc3cc(C)ccc3O)[nH]c2c1.